The number of halogens is 1. The number of benzene rings is 2. The van der Waals surface area contributed by atoms with Gasteiger partial charge in [-0.2, -0.15) is 4.31 Å². The third kappa shape index (κ3) is 4.24. The number of hydrogen-bond acceptors (Lipinski definition) is 4. The van der Waals surface area contributed by atoms with Crippen LogP contribution in [0.2, 0.25) is 0 Å². The standard InChI is InChI=1S/C19H18FNO4S/c20-17-3-1-2-15(14-17)4-9-19(22)16-5-7-18(8-6-16)26(23,24)21-10-12-25-13-11-21/h1-9,14H,10-13H2. The second-order valence-corrected chi connectivity index (χ2v) is 7.73. The van der Waals surface area contributed by atoms with E-state index < -0.39 is 10.0 Å². The minimum absolute atomic E-state index is 0.144. The first-order valence-electron chi connectivity index (χ1n) is 8.13. The molecular formula is C19H18FNO4S. The zero-order chi connectivity index (χ0) is 18.6. The van der Waals surface area contributed by atoms with Crippen LogP contribution < -0.4 is 0 Å². The molecule has 0 aliphatic carbocycles. The van der Waals surface area contributed by atoms with Crippen LogP contribution in [0.4, 0.5) is 4.39 Å². The third-order valence-electron chi connectivity index (χ3n) is 4.02. The van der Waals surface area contributed by atoms with E-state index in [2.05, 4.69) is 0 Å². The van der Waals surface area contributed by atoms with Crippen molar-refractivity contribution in [2.75, 3.05) is 26.3 Å². The van der Waals surface area contributed by atoms with E-state index in [-0.39, 0.29) is 16.5 Å². The van der Waals surface area contributed by atoms with Gasteiger partial charge in [0.25, 0.3) is 0 Å². The van der Waals surface area contributed by atoms with Gasteiger partial charge in [-0.1, -0.05) is 18.2 Å². The molecule has 1 saturated heterocycles. The topological polar surface area (TPSA) is 63.7 Å². The molecule has 3 rings (SSSR count). The van der Waals surface area contributed by atoms with Crippen LogP contribution in [0.1, 0.15) is 15.9 Å². The van der Waals surface area contributed by atoms with Crippen LogP contribution >= 0.6 is 0 Å². The number of ether oxygens (including phenoxy) is 1. The number of carbonyl (C=O) groups excluding carboxylic acids is 1. The molecule has 0 unspecified atom stereocenters. The van der Waals surface area contributed by atoms with E-state index in [0.717, 1.165) is 0 Å². The Kier molecular flexibility index (Phi) is 5.61. The van der Waals surface area contributed by atoms with E-state index >= 15 is 0 Å². The fraction of sp³-hybridized carbons (Fsp3) is 0.211. The Morgan fingerprint density at radius 2 is 1.77 bits per heavy atom. The Hall–Kier alpha value is -2.35. The zero-order valence-corrected chi connectivity index (χ0v) is 14.8. The lowest BCUT2D eigenvalue weighted by Crippen LogP contribution is -2.40. The summed E-state index contributed by atoms with van der Waals surface area (Å²) in [6.45, 7) is 1.39. The summed E-state index contributed by atoms with van der Waals surface area (Å²) >= 11 is 0. The molecule has 1 aliphatic rings. The minimum Gasteiger partial charge on any atom is -0.379 e. The van der Waals surface area contributed by atoms with Gasteiger partial charge in [-0.15, -0.1) is 0 Å². The SMILES string of the molecule is O=C(C=Cc1cccc(F)c1)c1ccc(S(=O)(=O)N2CCOCC2)cc1. The molecule has 0 amide bonds. The van der Waals surface area contributed by atoms with Crippen LogP contribution in [0.15, 0.2) is 59.5 Å². The number of allylic oxidation sites excluding steroid dienone is 1. The van der Waals surface area contributed by atoms with Crippen LogP contribution in [0.3, 0.4) is 0 Å². The van der Waals surface area contributed by atoms with E-state index in [1.165, 1.54) is 52.9 Å². The lowest BCUT2D eigenvalue weighted by molar-refractivity contribution is 0.0730. The molecule has 7 heteroatoms. The maximum atomic E-state index is 13.1. The number of ketones is 1. The summed E-state index contributed by atoms with van der Waals surface area (Å²) in [5.41, 5.74) is 0.934. The van der Waals surface area contributed by atoms with Gasteiger partial charge in [-0.05, 0) is 48.0 Å². The third-order valence-corrected chi connectivity index (χ3v) is 5.94. The van der Waals surface area contributed by atoms with Gasteiger partial charge >= 0.3 is 0 Å². The van der Waals surface area contributed by atoms with Gasteiger partial charge in [-0.25, -0.2) is 12.8 Å². The largest absolute Gasteiger partial charge is 0.379 e. The highest BCUT2D eigenvalue weighted by Gasteiger charge is 2.26. The Labute approximate surface area is 151 Å². The molecule has 2 aromatic carbocycles. The van der Waals surface area contributed by atoms with Crippen molar-refractivity contribution in [3.8, 4) is 0 Å². The molecule has 26 heavy (non-hydrogen) atoms. The van der Waals surface area contributed by atoms with E-state index in [0.29, 0.717) is 37.4 Å². The summed E-state index contributed by atoms with van der Waals surface area (Å²) in [5.74, 6) is -0.665. The summed E-state index contributed by atoms with van der Waals surface area (Å²) in [4.78, 5) is 12.4. The van der Waals surface area contributed by atoms with Gasteiger partial charge in [0.05, 0.1) is 18.1 Å². The number of hydrogen-bond donors (Lipinski definition) is 0. The van der Waals surface area contributed by atoms with Gasteiger partial charge in [0.15, 0.2) is 5.78 Å². The average Bonchev–Trinajstić information content (AvgIpc) is 2.67. The van der Waals surface area contributed by atoms with Crippen molar-refractivity contribution in [3.63, 3.8) is 0 Å². The molecule has 1 heterocycles. The highest BCUT2D eigenvalue weighted by Crippen LogP contribution is 2.18. The summed E-state index contributed by atoms with van der Waals surface area (Å²) in [5, 5.41) is 0. The van der Waals surface area contributed by atoms with Gasteiger partial charge in [0.1, 0.15) is 5.82 Å². The van der Waals surface area contributed by atoms with Gasteiger partial charge in [0, 0.05) is 18.7 Å². The van der Waals surface area contributed by atoms with Crippen LogP contribution in [-0.4, -0.2) is 44.8 Å². The average molecular weight is 375 g/mol. The lowest BCUT2D eigenvalue weighted by atomic mass is 10.1. The van der Waals surface area contributed by atoms with Crippen molar-refractivity contribution in [1.82, 2.24) is 4.31 Å². The normalized spacial score (nSPS) is 16.0. The molecule has 136 valence electrons. The Balaban J connectivity index is 1.73. The molecule has 0 atom stereocenters. The minimum atomic E-state index is -3.58. The van der Waals surface area contributed by atoms with Crippen molar-refractivity contribution >= 4 is 21.9 Å². The Bertz CT molecular complexity index is 917. The smallest absolute Gasteiger partial charge is 0.243 e. The molecule has 1 aliphatic heterocycles. The maximum absolute atomic E-state index is 13.1. The van der Waals surface area contributed by atoms with Gasteiger partial charge in [-0.3, -0.25) is 4.79 Å². The lowest BCUT2D eigenvalue weighted by Gasteiger charge is -2.26. The van der Waals surface area contributed by atoms with E-state index in [4.69, 9.17) is 4.74 Å². The number of rotatable bonds is 5. The molecule has 2 aromatic rings. The Morgan fingerprint density at radius 1 is 1.08 bits per heavy atom. The highest BCUT2D eigenvalue weighted by atomic mass is 32.2. The summed E-state index contributed by atoms with van der Waals surface area (Å²) in [6.07, 6.45) is 2.85. The molecule has 0 bridgehead atoms. The summed E-state index contributed by atoms with van der Waals surface area (Å²) < 4.78 is 44.8. The predicted octanol–water partition coefficient (Wildman–Crippen LogP) is 2.74. The first-order chi connectivity index (χ1) is 12.5. The molecule has 0 N–H and O–H groups in total. The summed E-state index contributed by atoms with van der Waals surface area (Å²) in [7, 11) is -3.58. The van der Waals surface area contributed by atoms with Crippen molar-refractivity contribution in [2.24, 2.45) is 0 Å². The van der Waals surface area contributed by atoms with Crippen LogP contribution in [-0.2, 0) is 14.8 Å². The quantitative estimate of drug-likeness (QED) is 0.595. The van der Waals surface area contributed by atoms with Crippen LogP contribution in [0.25, 0.3) is 6.08 Å². The van der Waals surface area contributed by atoms with Crippen molar-refractivity contribution in [1.29, 1.82) is 0 Å². The van der Waals surface area contributed by atoms with Crippen molar-refractivity contribution in [2.45, 2.75) is 4.90 Å². The number of sulfonamides is 1. The van der Waals surface area contributed by atoms with Gasteiger partial charge in [0.2, 0.25) is 10.0 Å². The van der Waals surface area contributed by atoms with Crippen molar-refractivity contribution < 1.29 is 22.3 Å². The predicted molar refractivity (Wildman–Crippen MR) is 95.8 cm³/mol. The van der Waals surface area contributed by atoms with Crippen LogP contribution in [0, 0.1) is 5.82 Å². The molecule has 0 radical (unpaired) electrons. The van der Waals surface area contributed by atoms with E-state index in [1.807, 2.05) is 0 Å². The number of morpholine rings is 1. The zero-order valence-electron chi connectivity index (χ0n) is 14.0. The first kappa shape index (κ1) is 18.4. The van der Waals surface area contributed by atoms with Gasteiger partial charge < -0.3 is 4.74 Å². The van der Waals surface area contributed by atoms with Crippen LogP contribution in [0.5, 0.6) is 0 Å². The van der Waals surface area contributed by atoms with Crippen molar-refractivity contribution in [3.05, 3.63) is 71.6 Å². The fourth-order valence-corrected chi connectivity index (χ4v) is 4.01. The molecular weight excluding hydrogens is 357 g/mol. The number of carbonyl (C=O) groups is 1. The monoisotopic (exact) mass is 375 g/mol. The second kappa shape index (κ2) is 7.90. The second-order valence-electron chi connectivity index (χ2n) is 5.79. The molecule has 1 fully saturated rings. The molecule has 0 spiro atoms. The summed E-state index contributed by atoms with van der Waals surface area (Å²) in [6, 6.07) is 11.7. The van der Waals surface area contributed by atoms with E-state index in [9.17, 15) is 17.6 Å². The highest BCUT2D eigenvalue weighted by molar-refractivity contribution is 7.89. The Morgan fingerprint density at radius 3 is 2.42 bits per heavy atom. The molecule has 0 saturated carbocycles. The maximum Gasteiger partial charge on any atom is 0.243 e. The van der Waals surface area contributed by atoms with E-state index in [1.54, 1.807) is 12.1 Å². The molecule has 0 aromatic heterocycles. The molecule has 5 nitrogen and oxygen atoms in total. The number of nitrogens with zero attached hydrogens (tertiary/aromatic N) is 1. The fourth-order valence-electron chi connectivity index (χ4n) is 2.61. The first-order valence-corrected chi connectivity index (χ1v) is 9.57.